The lowest BCUT2D eigenvalue weighted by Crippen LogP contribution is -2.46. The first-order chi connectivity index (χ1) is 11.4. The fraction of sp³-hybridized carbons (Fsp3) is 0.579. The summed E-state index contributed by atoms with van der Waals surface area (Å²) in [4.78, 5) is 25.9. The Bertz CT molecular complexity index is 556. The van der Waals surface area contributed by atoms with Gasteiger partial charge in [-0.3, -0.25) is 14.5 Å². The van der Waals surface area contributed by atoms with E-state index in [-0.39, 0.29) is 30.9 Å². The molecule has 0 saturated heterocycles. The number of hydrogen-bond donors (Lipinski definition) is 2. The van der Waals surface area contributed by atoms with Crippen LogP contribution in [0.5, 0.6) is 0 Å². The molecule has 1 aliphatic carbocycles. The molecule has 5 heteroatoms. The van der Waals surface area contributed by atoms with Gasteiger partial charge in [-0.15, -0.1) is 0 Å². The fourth-order valence-corrected chi connectivity index (χ4v) is 3.17. The summed E-state index contributed by atoms with van der Waals surface area (Å²) in [6.07, 6.45) is 4.68. The summed E-state index contributed by atoms with van der Waals surface area (Å²) in [5, 5.41) is 5.97. The van der Waals surface area contributed by atoms with Gasteiger partial charge in [0.15, 0.2) is 0 Å². The fourth-order valence-electron chi connectivity index (χ4n) is 3.17. The molecule has 132 valence electrons. The van der Waals surface area contributed by atoms with Gasteiger partial charge in [0, 0.05) is 11.7 Å². The van der Waals surface area contributed by atoms with Crippen molar-refractivity contribution in [3.8, 4) is 0 Å². The first kappa shape index (κ1) is 18.5. The van der Waals surface area contributed by atoms with Gasteiger partial charge in [0.05, 0.1) is 13.1 Å². The standard InChI is InChI=1S/C19H29N3O2/c1-14-8-10-16(11-9-14)20-18(23)12-22(3)13-19(24)21-17-7-5-4-6-15(17)2/h8-11,15,17H,4-7,12-13H2,1-3H3,(H,20,23)(H,21,24)/t15-,17+/m1/s1. The van der Waals surface area contributed by atoms with E-state index in [2.05, 4.69) is 17.6 Å². The van der Waals surface area contributed by atoms with Gasteiger partial charge >= 0.3 is 0 Å². The molecule has 1 fully saturated rings. The predicted octanol–water partition coefficient (Wildman–Crippen LogP) is 2.56. The average Bonchev–Trinajstić information content (AvgIpc) is 2.51. The molecule has 0 spiro atoms. The Morgan fingerprint density at radius 3 is 2.38 bits per heavy atom. The number of amides is 2. The third kappa shape index (κ3) is 5.96. The van der Waals surface area contributed by atoms with Gasteiger partial charge in [0.1, 0.15) is 0 Å². The van der Waals surface area contributed by atoms with E-state index in [1.54, 1.807) is 11.9 Å². The number of hydrogen-bond acceptors (Lipinski definition) is 3. The maximum absolute atomic E-state index is 12.2. The molecular formula is C19H29N3O2. The van der Waals surface area contributed by atoms with Crippen LogP contribution < -0.4 is 10.6 Å². The number of carbonyl (C=O) groups excluding carboxylic acids is 2. The van der Waals surface area contributed by atoms with Crippen LogP contribution in [-0.4, -0.2) is 42.9 Å². The number of aryl methyl sites for hydroxylation is 1. The van der Waals surface area contributed by atoms with Crippen molar-refractivity contribution in [2.45, 2.75) is 45.6 Å². The van der Waals surface area contributed by atoms with Crippen molar-refractivity contribution < 1.29 is 9.59 Å². The third-order valence-electron chi connectivity index (χ3n) is 4.62. The second-order valence-corrected chi connectivity index (χ2v) is 7.02. The minimum Gasteiger partial charge on any atom is -0.352 e. The maximum atomic E-state index is 12.2. The Balaban J connectivity index is 1.73. The van der Waals surface area contributed by atoms with Crippen LogP contribution in [0.3, 0.4) is 0 Å². The quantitative estimate of drug-likeness (QED) is 0.842. The zero-order valence-corrected chi connectivity index (χ0v) is 15.0. The molecule has 1 aromatic carbocycles. The first-order valence-corrected chi connectivity index (χ1v) is 8.78. The Morgan fingerprint density at radius 1 is 1.08 bits per heavy atom. The van der Waals surface area contributed by atoms with Crippen molar-refractivity contribution in [2.75, 3.05) is 25.5 Å². The number of likely N-dealkylation sites (N-methyl/N-ethyl adjacent to an activating group) is 1. The van der Waals surface area contributed by atoms with Crippen LogP contribution in [0.15, 0.2) is 24.3 Å². The van der Waals surface area contributed by atoms with Gasteiger partial charge in [-0.2, -0.15) is 0 Å². The lowest BCUT2D eigenvalue weighted by atomic mass is 9.86. The second kappa shape index (κ2) is 8.83. The monoisotopic (exact) mass is 331 g/mol. The molecule has 0 aliphatic heterocycles. The molecule has 1 aromatic rings. The predicted molar refractivity (Wildman–Crippen MR) is 96.9 cm³/mol. The Morgan fingerprint density at radius 2 is 1.71 bits per heavy atom. The smallest absolute Gasteiger partial charge is 0.238 e. The Labute approximate surface area is 144 Å². The van der Waals surface area contributed by atoms with Crippen molar-refractivity contribution >= 4 is 17.5 Å². The van der Waals surface area contributed by atoms with Crippen LogP contribution in [0.1, 0.15) is 38.2 Å². The van der Waals surface area contributed by atoms with Gasteiger partial charge < -0.3 is 10.6 Å². The van der Waals surface area contributed by atoms with Gasteiger partial charge in [0.2, 0.25) is 11.8 Å². The molecular weight excluding hydrogens is 302 g/mol. The highest BCUT2D eigenvalue weighted by Gasteiger charge is 2.23. The summed E-state index contributed by atoms with van der Waals surface area (Å²) in [6.45, 7) is 4.64. The largest absolute Gasteiger partial charge is 0.352 e. The van der Waals surface area contributed by atoms with Crippen LogP contribution >= 0.6 is 0 Å². The molecule has 2 amide bonds. The average molecular weight is 331 g/mol. The van der Waals surface area contributed by atoms with Crippen LogP contribution in [0.4, 0.5) is 5.69 Å². The van der Waals surface area contributed by atoms with Crippen LogP contribution in [-0.2, 0) is 9.59 Å². The number of carbonyl (C=O) groups is 2. The molecule has 0 unspecified atom stereocenters. The number of benzene rings is 1. The minimum atomic E-state index is -0.111. The lowest BCUT2D eigenvalue weighted by molar-refractivity contribution is -0.124. The van der Waals surface area contributed by atoms with E-state index in [0.29, 0.717) is 5.92 Å². The van der Waals surface area contributed by atoms with Gasteiger partial charge in [0.25, 0.3) is 0 Å². The Kier molecular flexibility index (Phi) is 6.79. The molecule has 0 heterocycles. The summed E-state index contributed by atoms with van der Waals surface area (Å²) in [5.41, 5.74) is 1.93. The second-order valence-electron chi connectivity index (χ2n) is 7.02. The van der Waals surface area contributed by atoms with Crippen LogP contribution in [0.2, 0.25) is 0 Å². The lowest BCUT2D eigenvalue weighted by Gasteiger charge is -2.30. The van der Waals surface area contributed by atoms with E-state index >= 15 is 0 Å². The molecule has 0 aromatic heterocycles. The zero-order valence-electron chi connectivity index (χ0n) is 15.0. The zero-order chi connectivity index (χ0) is 17.5. The summed E-state index contributed by atoms with van der Waals surface area (Å²) in [7, 11) is 1.79. The van der Waals surface area contributed by atoms with Crippen molar-refractivity contribution in [2.24, 2.45) is 5.92 Å². The molecule has 2 N–H and O–H groups in total. The Hall–Kier alpha value is -1.88. The maximum Gasteiger partial charge on any atom is 0.238 e. The molecule has 1 aliphatic rings. The SMILES string of the molecule is Cc1ccc(NC(=O)CN(C)CC(=O)N[C@H]2CCCC[C@H]2C)cc1. The van der Waals surface area contributed by atoms with E-state index in [9.17, 15) is 9.59 Å². The normalized spacial score (nSPS) is 20.7. The summed E-state index contributed by atoms with van der Waals surface area (Å²) in [5.74, 6) is 0.428. The van der Waals surface area contributed by atoms with E-state index in [0.717, 1.165) is 17.7 Å². The molecule has 2 rings (SSSR count). The number of rotatable bonds is 6. The molecule has 0 radical (unpaired) electrons. The molecule has 0 bridgehead atoms. The number of nitrogens with zero attached hydrogens (tertiary/aromatic N) is 1. The highest BCUT2D eigenvalue weighted by molar-refractivity contribution is 5.92. The summed E-state index contributed by atoms with van der Waals surface area (Å²) < 4.78 is 0. The van der Waals surface area contributed by atoms with Crippen LogP contribution in [0, 0.1) is 12.8 Å². The molecule has 24 heavy (non-hydrogen) atoms. The van der Waals surface area contributed by atoms with Gasteiger partial charge in [-0.1, -0.05) is 37.5 Å². The van der Waals surface area contributed by atoms with Gasteiger partial charge in [-0.05, 0) is 44.9 Å². The summed E-state index contributed by atoms with van der Waals surface area (Å²) in [6, 6.07) is 7.95. The topological polar surface area (TPSA) is 61.4 Å². The molecule has 5 nitrogen and oxygen atoms in total. The number of nitrogens with one attached hydrogen (secondary N) is 2. The third-order valence-corrected chi connectivity index (χ3v) is 4.62. The van der Waals surface area contributed by atoms with Crippen molar-refractivity contribution in [1.82, 2.24) is 10.2 Å². The van der Waals surface area contributed by atoms with E-state index in [1.807, 2.05) is 31.2 Å². The molecule has 1 saturated carbocycles. The molecule has 2 atom stereocenters. The minimum absolute atomic E-state index is 0.000569. The van der Waals surface area contributed by atoms with Crippen molar-refractivity contribution in [3.05, 3.63) is 29.8 Å². The highest BCUT2D eigenvalue weighted by atomic mass is 16.2. The van der Waals surface area contributed by atoms with Gasteiger partial charge in [-0.25, -0.2) is 0 Å². The summed E-state index contributed by atoms with van der Waals surface area (Å²) >= 11 is 0. The highest BCUT2D eigenvalue weighted by Crippen LogP contribution is 2.23. The van der Waals surface area contributed by atoms with Crippen LogP contribution in [0.25, 0.3) is 0 Å². The van der Waals surface area contributed by atoms with E-state index in [4.69, 9.17) is 0 Å². The van der Waals surface area contributed by atoms with E-state index < -0.39 is 0 Å². The van der Waals surface area contributed by atoms with Crippen molar-refractivity contribution in [3.63, 3.8) is 0 Å². The van der Waals surface area contributed by atoms with E-state index in [1.165, 1.54) is 19.3 Å². The first-order valence-electron chi connectivity index (χ1n) is 8.78. The van der Waals surface area contributed by atoms with Crippen molar-refractivity contribution in [1.29, 1.82) is 0 Å². The number of anilines is 1.